The van der Waals surface area contributed by atoms with Crippen LogP contribution in [0.4, 0.5) is 0 Å². The molecular weight excluding hydrogens is 649 g/mol. The summed E-state index contributed by atoms with van der Waals surface area (Å²) >= 11 is 0. The van der Waals surface area contributed by atoms with Crippen molar-refractivity contribution < 1.29 is 15.0 Å². The van der Waals surface area contributed by atoms with Crippen molar-refractivity contribution in [2.24, 2.45) is 0 Å². The first-order chi connectivity index (χ1) is 26.3. The van der Waals surface area contributed by atoms with Gasteiger partial charge in [0.1, 0.15) is 0 Å². The molecule has 0 rings (SSSR count). The monoisotopic (exact) mass is 747 g/mol. The third kappa shape index (κ3) is 51.2. The first kappa shape index (κ1) is 52.2. The smallest absolute Gasteiger partial charge is 0.303 e. The Bertz CT molecular complexity index is 688. The molecule has 0 aliphatic heterocycles. The van der Waals surface area contributed by atoms with Crippen molar-refractivity contribution in [2.75, 3.05) is 6.61 Å². The van der Waals surface area contributed by atoms with Crippen molar-refractivity contribution in [3.05, 3.63) is 12.2 Å². The molecule has 3 heteroatoms. The van der Waals surface area contributed by atoms with E-state index in [0.29, 0.717) is 13.0 Å². The van der Waals surface area contributed by atoms with Crippen LogP contribution in [0.2, 0.25) is 0 Å². The molecule has 0 saturated heterocycles. The molecular formula is C50H98O3. The summed E-state index contributed by atoms with van der Waals surface area (Å²) < 4.78 is 0. The number of aliphatic hydroxyl groups is 1. The Morgan fingerprint density at radius 2 is 0.434 bits per heavy atom. The summed E-state index contributed by atoms with van der Waals surface area (Å²) in [5.41, 5.74) is 0. The Kier molecular flexibility index (Phi) is 48.4. The van der Waals surface area contributed by atoms with Crippen LogP contribution in [0.25, 0.3) is 0 Å². The van der Waals surface area contributed by atoms with Crippen LogP contribution in [0.15, 0.2) is 12.2 Å². The summed E-state index contributed by atoms with van der Waals surface area (Å²) in [5.74, 6) is -0.648. The average Bonchev–Trinajstić information content (AvgIpc) is 3.15. The van der Waals surface area contributed by atoms with Gasteiger partial charge in [-0.2, -0.15) is 0 Å². The van der Waals surface area contributed by atoms with E-state index in [1.165, 1.54) is 270 Å². The summed E-state index contributed by atoms with van der Waals surface area (Å²) in [6.45, 7) is 0.360. The van der Waals surface area contributed by atoms with Crippen LogP contribution in [-0.4, -0.2) is 22.8 Å². The highest BCUT2D eigenvalue weighted by atomic mass is 16.4. The molecule has 0 aromatic heterocycles. The van der Waals surface area contributed by atoms with Crippen molar-refractivity contribution >= 4 is 5.97 Å². The first-order valence-corrected chi connectivity index (χ1v) is 24.7. The number of allylic oxidation sites excluding steroid dienone is 2. The molecule has 2 N–H and O–H groups in total. The van der Waals surface area contributed by atoms with Crippen molar-refractivity contribution in [1.82, 2.24) is 0 Å². The number of carbonyl (C=O) groups is 1. The van der Waals surface area contributed by atoms with Gasteiger partial charge in [0, 0.05) is 13.0 Å². The zero-order valence-electron chi connectivity index (χ0n) is 36.2. The lowest BCUT2D eigenvalue weighted by molar-refractivity contribution is -0.137. The summed E-state index contributed by atoms with van der Waals surface area (Å²) in [6.07, 6.45) is 67.5. The number of carboxylic acids is 1. The normalized spacial score (nSPS) is 11.7. The van der Waals surface area contributed by atoms with Gasteiger partial charge in [0.25, 0.3) is 0 Å². The lowest BCUT2D eigenvalue weighted by Gasteiger charge is -2.05. The minimum Gasteiger partial charge on any atom is -0.481 e. The second-order valence-corrected chi connectivity index (χ2v) is 17.1. The van der Waals surface area contributed by atoms with Gasteiger partial charge >= 0.3 is 5.97 Å². The van der Waals surface area contributed by atoms with E-state index in [0.717, 1.165) is 19.3 Å². The highest BCUT2D eigenvalue weighted by molar-refractivity contribution is 5.66. The maximum atomic E-state index is 10.5. The van der Waals surface area contributed by atoms with Gasteiger partial charge in [0.15, 0.2) is 0 Å². The van der Waals surface area contributed by atoms with Gasteiger partial charge in [-0.05, 0) is 38.5 Å². The topological polar surface area (TPSA) is 57.5 Å². The van der Waals surface area contributed by atoms with Crippen LogP contribution in [-0.2, 0) is 4.79 Å². The lowest BCUT2D eigenvalue weighted by Crippen LogP contribution is -1.93. The zero-order valence-corrected chi connectivity index (χ0v) is 36.2. The fourth-order valence-corrected chi connectivity index (χ4v) is 8.04. The molecule has 0 bridgehead atoms. The van der Waals surface area contributed by atoms with Gasteiger partial charge < -0.3 is 10.2 Å². The van der Waals surface area contributed by atoms with E-state index in [4.69, 9.17) is 10.2 Å². The molecule has 316 valence electrons. The molecule has 0 saturated carbocycles. The van der Waals surface area contributed by atoms with Gasteiger partial charge in [-0.25, -0.2) is 0 Å². The van der Waals surface area contributed by atoms with Crippen LogP contribution < -0.4 is 0 Å². The van der Waals surface area contributed by atoms with Gasteiger partial charge in [-0.3, -0.25) is 4.79 Å². The number of aliphatic hydroxyl groups excluding tert-OH is 1. The van der Waals surface area contributed by atoms with Crippen molar-refractivity contribution in [2.45, 2.75) is 295 Å². The van der Waals surface area contributed by atoms with E-state index in [-0.39, 0.29) is 0 Å². The average molecular weight is 747 g/mol. The fraction of sp³-hybridized carbons (Fsp3) is 0.940. The van der Waals surface area contributed by atoms with Crippen LogP contribution in [0.3, 0.4) is 0 Å². The van der Waals surface area contributed by atoms with E-state index in [9.17, 15) is 4.79 Å². The highest BCUT2D eigenvalue weighted by Crippen LogP contribution is 2.18. The molecule has 0 heterocycles. The Morgan fingerprint density at radius 1 is 0.264 bits per heavy atom. The molecule has 0 aromatic rings. The second kappa shape index (κ2) is 49.2. The molecule has 0 radical (unpaired) electrons. The molecule has 0 atom stereocenters. The molecule has 3 nitrogen and oxygen atoms in total. The van der Waals surface area contributed by atoms with Gasteiger partial charge in [0.05, 0.1) is 0 Å². The third-order valence-corrected chi connectivity index (χ3v) is 11.7. The van der Waals surface area contributed by atoms with E-state index >= 15 is 0 Å². The van der Waals surface area contributed by atoms with Crippen LogP contribution in [0, 0.1) is 0 Å². The Morgan fingerprint density at radius 3 is 0.623 bits per heavy atom. The number of aliphatic carboxylic acids is 1. The molecule has 0 aliphatic rings. The number of unbranched alkanes of at least 4 members (excludes halogenated alkanes) is 43. The summed E-state index contributed by atoms with van der Waals surface area (Å²) in [4.78, 5) is 10.5. The molecule has 0 spiro atoms. The van der Waals surface area contributed by atoms with Crippen LogP contribution in [0.1, 0.15) is 295 Å². The minimum atomic E-state index is -0.648. The fourth-order valence-electron chi connectivity index (χ4n) is 8.04. The SMILES string of the molecule is O=C(O)CCCCCCCCCCCCCCCCCCCCCCCCCCCCCCCCCCCCCCC/C=C\CCCCCCCCO. The van der Waals surface area contributed by atoms with Crippen LogP contribution in [0.5, 0.6) is 0 Å². The molecule has 0 amide bonds. The van der Waals surface area contributed by atoms with E-state index in [2.05, 4.69) is 12.2 Å². The number of rotatable bonds is 48. The molecule has 53 heavy (non-hydrogen) atoms. The molecule has 0 fully saturated rings. The Hall–Kier alpha value is -0.830. The second-order valence-electron chi connectivity index (χ2n) is 17.1. The number of hydrogen-bond donors (Lipinski definition) is 2. The van der Waals surface area contributed by atoms with Crippen molar-refractivity contribution in [3.63, 3.8) is 0 Å². The first-order valence-electron chi connectivity index (χ1n) is 24.7. The Balaban J connectivity index is 3.08. The van der Waals surface area contributed by atoms with Gasteiger partial charge in [-0.15, -0.1) is 0 Å². The molecule has 0 aliphatic carbocycles. The van der Waals surface area contributed by atoms with Gasteiger partial charge in [-0.1, -0.05) is 263 Å². The van der Waals surface area contributed by atoms with Crippen LogP contribution >= 0.6 is 0 Å². The minimum absolute atomic E-state index is 0.345. The lowest BCUT2D eigenvalue weighted by atomic mass is 10.0. The molecule has 0 aromatic carbocycles. The molecule has 0 unspecified atom stereocenters. The van der Waals surface area contributed by atoms with Crippen molar-refractivity contribution in [3.8, 4) is 0 Å². The number of carboxylic acid groups (broad SMARTS) is 1. The van der Waals surface area contributed by atoms with E-state index < -0.39 is 5.97 Å². The van der Waals surface area contributed by atoms with E-state index in [1.807, 2.05) is 0 Å². The largest absolute Gasteiger partial charge is 0.481 e. The predicted molar refractivity (Wildman–Crippen MR) is 236 cm³/mol. The third-order valence-electron chi connectivity index (χ3n) is 11.7. The predicted octanol–water partition coefficient (Wildman–Crippen LogP) is 17.6. The maximum absolute atomic E-state index is 10.5. The number of hydrogen-bond acceptors (Lipinski definition) is 2. The van der Waals surface area contributed by atoms with E-state index in [1.54, 1.807) is 0 Å². The van der Waals surface area contributed by atoms with Gasteiger partial charge in [0.2, 0.25) is 0 Å². The van der Waals surface area contributed by atoms with Crippen molar-refractivity contribution in [1.29, 1.82) is 0 Å². The Labute approximate surface area is 334 Å². The summed E-state index contributed by atoms with van der Waals surface area (Å²) in [5, 5.41) is 17.5. The maximum Gasteiger partial charge on any atom is 0.303 e. The quantitative estimate of drug-likeness (QED) is 0.0481. The zero-order chi connectivity index (χ0) is 38.2. The highest BCUT2D eigenvalue weighted by Gasteiger charge is 1.99. The standard InChI is InChI=1S/C50H98O3/c51-49-47-45-43-41-39-37-35-33-31-29-27-25-23-21-19-17-15-13-11-9-7-5-3-1-2-4-6-8-10-12-14-16-18-20-22-24-26-28-30-32-34-36-38-40-42-44-46-48-50(52)53/h31,33,51H,1-30,32,34-49H2,(H,52,53)/b33-31-. The summed E-state index contributed by atoms with van der Waals surface area (Å²) in [7, 11) is 0. The summed E-state index contributed by atoms with van der Waals surface area (Å²) in [6, 6.07) is 0.